The minimum Gasteiger partial charge on any atom is -0.488 e. The van der Waals surface area contributed by atoms with Gasteiger partial charge >= 0.3 is 5.97 Å². The molecule has 0 unspecified atom stereocenters. The predicted molar refractivity (Wildman–Crippen MR) is 147 cm³/mol. The second-order valence-electron chi connectivity index (χ2n) is 9.16. The van der Waals surface area contributed by atoms with E-state index in [0.717, 1.165) is 35.7 Å². The quantitative estimate of drug-likeness (QED) is 0.265. The van der Waals surface area contributed by atoms with Gasteiger partial charge < -0.3 is 9.84 Å². The lowest BCUT2D eigenvalue weighted by molar-refractivity contribution is 0.0696. The molecule has 0 saturated heterocycles. The van der Waals surface area contributed by atoms with Gasteiger partial charge in [-0.25, -0.2) is 9.78 Å². The molecule has 0 radical (unpaired) electrons. The number of halogens is 1. The maximum atomic E-state index is 13.6. The molecule has 1 N–H and O–H groups in total. The number of aromatic carboxylic acids is 1. The second kappa shape index (κ2) is 11.1. The van der Waals surface area contributed by atoms with Gasteiger partial charge in [-0.2, -0.15) is 9.78 Å². The molecule has 3 aromatic carbocycles. The van der Waals surface area contributed by atoms with E-state index in [4.69, 9.17) is 9.72 Å². The van der Waals surface area contributed by atoms with Crippen LogP contribution in [-0.4, -0.2) is 27.0 Å². The average molecular weight is 560 g/mol. The highest BCUT2D eigenvalue weighted by atomic mass is 79.9. The Balaban J connectivity index is 1.49. The molecule has 7 nitrogen and oxygen atoms in total. The lowest BCUT2D eigenvalue weighted by atomic mass is 9.88. The van der Waals surface area contributed by atoms with Crippen molar-refractivity contribution in [2.45, 2.75) is 44.6 Å². The Bertz CT molecular complexity index is 1540. The first-order chi connectivity index (χ1) is 18.0. The number of hydrogen-bond acceptors (Lipinski definition) is 5. The fourth-order valence-corrected chi connectivity index (χ4v) is 5.06. The molecule has 1 saturated carbocycles. The van der Waals surface area contributed by atoms with Crippen molar-refractivity contribution >= 4 is 39.0 Å². The number of carboxylic acids is 1. The monoisotopic (exact) mass is 559 g/mol. The van der Waals surface area contributed by atoms with Crippen molar-refractivity contribution in [3.8, 4) is 5.75 Å². The van der Waals surface area contributed by atoms with E-state index in [0.29, 0.717) is 28.0 Å². The molecule has 188 valence electrons. The van der Waals surface area contributed by atoms with Crippen LogP contribution in [0.4, 0.5) is 0 Å². The molecule has 5 rings (SSSR count). The Morgan fingerprint density at radius 2 is 1.89 bits per heavy atom. The van der Waals surface area contributed by atoms with Crippen molar-refractivity contribution in [2.75, 3.05) is 0 Å². The van der Waals surface area contributed by atoms with E-state index >= 15 is 0 Å². The van der Waals surface area contributed by atoms with Crippen LogP contribution in [0, 0.1) is 0 Å². The summed E-state index contributed by atoms with van der Waals surface area (Å²) in [5.41, 5.74) is 2.13. The smallest absolute Gasteiger partial charge is 0.335 e. The third-order valence-electron chi connectivity index (χ3n) is 6.60. The zero-order valence-electron chi connectivity index (χ0n) is 20.1. The zero-order valence-corrected chi connectivity index (χ0v) is 21.7. The van der Waals surface area contributed by atoms with Crippen molar-refractivity contribution in [3.05, 3.63) is 104 Å². The zero-order chi connectivity index (χ0) is 25.8. The van der Waals surface area contributed by atoms with Crippen molar-refractivity contribution in [1.82, 2.24) is 9.66 Å². The number of aromatic nitrogens is 2. The largest absolute Gasteiger partial charge is 0.488 e. The summed E-state index contributed by atoms with van der Waals surface area (Å²) in [4.78, 5) is 29.7. The standard InChI is InChI=1S/C29H26BrN3O4/c30-23-13-14-25-24(16-23)28(34)33(27(32-25)20-8-2-1-3-9-20)31-17-22-10-4-5-12-26(22)37-18-19-7-6-11-21(15-19)29(35)36/h4-7,10-17,20H,1-3,8-9,18H2,(H,35,36). The summed E-state index contributed by atoms with van der Waals surface area (Å²) in [6.45, 7) is 0.199. The predicted octanol–water partition coefficient (Wildman–Crippen LogP) is 6.37. The SMILES string of the molecule is O=C(O)c1cccc(COc2ccccc2C=Nn2c(C3CCCCC3)nc3ccc(Br)cc3c2=O)c1. The number of carboxylic acid groups (broad SMARTS) is 1. The van der Waals surface area contributed by atoms with Crippen LogP contribution in [0.15, 0.2) is 81.1 Å². The van der Waals surface area contributed by atoms with Crippen molar-refractivity contribution < 1.29 is 14.6 Å². The van der Waals surface area contributed by atoms with Crippen LogP contribution in [0.5, 0.6) is 5.75 Å². The van der Waals surface area contributed by atoms with Crippen LogP contribution in [0.1, 0.15) is 65.3 Å². The number of benzene rings is 3. The van der Waals surface area contributed by atoms with Gasteiger partial charge in [0.05, 0.1) is 22.7 Å². The van der Waals surface area contributed by atoms with Crippen molar-refractivity contribution in [3.63, 3.8) is 0 Å². The van der Waals surface area contributed by atoms with E-state index in [1.807, 2.05) is 42.5 Å². The Morgan fingerprint density at radius 3 is 2.70 bits per heavy atom. The van der Waals surface area contributed by atoms with E-state index in [-0.39, 0.29) is 23.6 Å². The fraction of sp³-hybridized carbons (Fsp3) is 0.241. The molecule has 1 aliphatic carbocycles. The van der Waals surface area contributed by atoms with E-state index in [1.165, 1.54) is 11.1 Å². The molecule has 1 heterocycles. The molecular formula is C29H26BrN3O4. The lowest BCUT2D eigenvalue weighted by Crippen LogP contribution is -2.25. The summed E-state index contributed by atoms with van der Waals surface area (Å²) in [6, 6.07) is 19.6. The first kappa shape index (κ1) is 24.9. The van der Waals surface area contributed by atoms with Gasteiger partial charge in [-0.05, 0) is 60.9 Å². The van der Waals surface area contributed by atoms with Gasteiger partial charge in [-0.3, -0.25) is 4.79 Å². The molecular weight excluding hydrogens is 534 g/mol. The number of hydrogen-bond donors (Lipinski definition) is 1. The Kier molecular flexibility index (Phi) is 7.46. The molecule has 0 aliphatic heterocycles. The summed E-state index contributed by atoms with van der Waals surface area (Å²) in [6.07, 6.45) is 7.02. The maximum Gasteiger partial charge on any atom is 0.335 e. The van der Waals surface area contributed by atoms with Gasteiger partial charge in [0.1, 0.15) is 18.2 Å². The van der Waals surface area contributed by atoms with Crippen LogP contribution in [0.3, 0.4) is 0 Å². The van der Waals surface area contributed by atoms with Gasteiger partial charge in [0.15, 0.2) is 0 Å². The Labute approximate surface area is 222 Å². The number of nitrogens with zero attached hydrogens (tertiary/aromatic N) is 3. The average Bonchev–Trinajstić information content (AvgIpc) is 2.92. The van der Waals surface area contributed by atoms with E-state index in [2.05, 4.69) is 21.0 Å². The molecule has 1 aromatic heterocycles. The Morgan fingerprint density at radius 1 is 1.08 bits per heavy atom. The molecule has 8 heteroatoms. The summed E-state index contributed by atoms with van der Waals surface area (Å²) < 4.78 is 8.27. The normalized spacial score (nSPS) is 14.3. The van der Waals surface area contributed by atoms with Crippen LogP contribution < -0.4 is 10.3 Å². The molecule has 0 amide bonds. The number of rotatable bonds is 7. The summed E-state index contributed by atoms with van der Waals surface area (Å²) in [5.74, 6) is 0.472. The minimum atomic E-state index is -0.982. The van der Waals surface area contributed by atoms with Gasteiger partial charge in [0.25, 0.3) is 5.56 Å². The number of carbonyl (C=O) groups is 1. The molecule has 0 spiro atoms. The van der Waals surface area contributed by atoms with Crippen LogP contribution in [-0.2, 0) is 6.61 Å². The second-order valence-corrected chi connectivity index (χ2v) is 10.1. The molecule has 0 atom stereocenters. The van der Waals surface area contributed by atoms with Crippen molar-refractivity contribution in [1.29, 1.82) is 0 Å². The van der Waals surface area contributed by atoms with Crippen LogP contribution in [0.25, 0.3) is 10.9 Å². The number of fused-ring (bicyclic) bond motifs is 1. The fourth-order valence-electron chi connectivity index (χ4n) is 4.70. The number of ether oxygens (including phenoxy) is 1. The molecule has 4 aromatic rings. The highest BCUT2D eigenvalue weighted by Gasteiger charge is 2.22. The minimum absolute atomic E-state index is 0.180. The van der Waals surface area contributed by atoms with Gasteiger partial charge in [-0.15, -0.1) is 0 Å². The topological polar surface area (TPSA) is 93.8 Å². The van der Waals surface area contributed by atoms with Crippen LogP contribution >= 0.6 is 15.9 Å². The maximum absolute atomic E-state index is 13.6. The van der Waals surface area contributed by atoms with E-state index in [1.54, 1.807) is 30.5 Å². The first-order valence-electron chi connectivity index (χ1n) is 12.3. The lowest BCUT2D eigenvalue weighted by Gasteiger charge is -2.22. The van der Waals surface area contributed by atoms with Crippen LogP contribution in [0.2, 0.25) is 0 Å². The number of para-hydroxylation sites is 1. The first-order valence-corrected chi connectivity index (χ1v) is 13.1. The third-order valence-corrected chi connectivity index (χ3v) is 7.10. The van der Waals surface area contributed by atoms with Crippen molar-refractivity contribution in [2.24, 2.45) is 5.10 Å². The van der Waals surface area contributed by atoms with E-state index in [9.17, 15) is 14.7 Å². The van der Waals surface area contributed by atoms with Gasteiger partial charge in [0, 0.05) is 16.0 Å². The summed E-state index contributed by atoms with van der Waals surface area (Å²) in [5, 5.41) is 14.4. The highest BCUT2D eigenvalue weighted by Crippen LogP contribution is 2.32. The Hall–Kier alpha value is -3.78. The van der Waals surface area contributed by atoms with Gasteiger partial charge in [0.2, 0.25) is 0 Å². The van der Waals surface area contributed by atoms with Gasteiger partial charge in [-0.1, -0.05) is 59.5 Å². The summed E-state index contributed by atoms with van der Waals surface area (Å²) in [7, 11) is 0. The third kappa shape index (κ3) is 5.64. The van der Waals surface area contributed by atoms with E-state index < -0.39 is 5.97 Å². The molecule has 0 bridgehead atoms. The molecule has 1 aliphatic rings. The molecule has 1 fully saturated rings. The highest BCUT2D eigenvalue weighted by molar-refractivity contribution is 9.10. The molecule has 37 heavy (non-hydrogen) atoms. The summed E-state index contributed by atoms with van der Waals surface area (Å²) >= 11 is 3.46.